The van der Waals surface area contributed by atoms with Crippen LogP contribution in [0.4, 0.5) is 0 Å². The fourth-order valence-corrected chi connectivity index (χ4v) is 3.58. The van der Waals surface area contributed by atoms with Crippen molar-refractivity contribution in [3.8, 4) is 17.2 Å². The number of quaternary nitrogens is 1. The highest BCUT2D eigenvalue weighted by molar-refractivity contribution is 5.81. The van der Waals surface area contributed by atoms with E-state index < -0.39 is 0 Å². The largest absolute Gasteiger partial charge is 0.497 e. The van der Waals surface area contributed by atoms with Crippen molar-refractivity contribution in [3.05, 3.63) is 64.5 Å². The lowest BCUT2D eigenvalue weighted by molar-refractivity contribution is -0.914. The van der Waals surface area contributed by atoms with Crippen LogP contribution in [-0.4, -0.2) is 32.9 Å². The van der Waals surface area contributed by atoms with E-state index in [0.717, 1.165) is 35.5 Å². The Balaban J connectivity index is 1.53. The maximum atomic E-state index is 12.0. The number of benzene rings is 2. The molecule has 1 unspecified atom stereocenters. The average molecular weight is 382 g/mol. The Morgan fingerprint density at radius 3 is 2.75 bits per heavy atom. The molecule has 1 aliphatic rings. The maximum absolute atomic E-state index is 12.0. The topological polar surface area (TPSA) is 62.3 Å². The SMILES string of the molecule is CC[NH+](Cc1cc(=O)oc2cc(OC)ccc12)C[C@@H]1COc2ccccc2O1. The zero-order valence-corrected chi connectivity index (χ0v) is 16.1. The van der Waals surface area contributed by atoms with Gasteiger partial charge in [-0.3, -0.25) is 0 Å². The van der Waals surface area contributed by atoms with Gasteiger partial charge in [-0.25, -0.2) is 4.79 Å². The summed E-state index contributed by atoms with van der Waals surface area (Å²) < 4.78 is 22.5. The molecule has 2 aromatic carbocycles. The summed E-state index contributed by atoms with van der Waals surface area (Å²) in [7, 11) is 1.59. The van der Waals surface area contributed by atoms with Crippen LogP contribution in [0.15, 0.2) is 57.7 Å². The maximum Gasteiger partial charge on any atom is 0.336 e. The summed E-state index contributed by atoms with van der Waals surface area (Å²) in [5.41, 5.74) is 1.16. The molecule has 0 saturated carbocycles. The highest BCUT2D eigenvalue weighted by Crippen LogP contribution is 2.30. The van der Waals surface area contributed by atoms with Crippen molar-refractivity contribution in [1.82, 2.24) is 0 Å². The standard InChI is InChI=1S/C22H23NO5/c1-3-23(13-17-14-26-19-6-4-5-7-20(19)27-17)12-15-10-22(24)28-21-11-16(25-2)8-9-18(15)21/h4-11,17H,3,12-14H2,1-2H3/p+1/t17-/m1/s1. The van der Waals surface area contributed by atoms with Crippen LogP contribution in [0, 0.1) is 0 Å². The van der Waals surface area contributed by atoms with Crippen LogP contribution in [0.3, 0.4) is 0 Å². The number of hydrogen-bond donors (Lipinski definition) is 1. The van der Waals surface area contributed by atoms with E-state index in [1.807, 2.05) is 36.4 Å². The minimum Gasteiger partial charge on any atom is -0.497 e. The van der Waals surface area contributed by atoms with Gasteiger partial charge < -0.3 is 23.5 Å². The molecule has 146 valence electrons. The first-order valence-electron chi connectivity index (χ1n) is 9.49. The molecule has 1 N–H and O–H groups in total. The van der Waals surface area contributed by atoms with Crippen molar-refractivity contribution in [2.45, 2.75) is 19.6 Å². The van der Waals surface area contributed by atoms with Gasteiger partial charge in [-0.15, -0.1) is 0 Å². The molecule has 0 aliphatic carbocycles. The predicted molar refractivity (Wildman–Crippen MR) is 105 cm³/mol. The molecule has 6 heteroatoms. The van der Waals surface area contributed by atoms with E-state index in [2.05, 4.69) is 6.92 Å². The first-order chi connectivity index (χ1) is 13.7. The Labute approximate surface area is 163 Å². The second-order valence-electron chi connectivity index (χ2n) is 6.93. The van der Waals surface area contributed by atoms with Crippen molar-refractivity contribution >= 4 is 11.0 Å². The summed E-state index contributed by atoms with van der Waals surface area (Å²) in [5, 5.41) is 0.928. The van der Waals surface area contributed by atoms with E-state index >= 15 is 0 Å². The fourth-order valence-electron chi connectivity index (χ4n) is 3.58. The van der Waals surface area contributed by atoms with Crippen LogP contribution in [0.25, 0.3) is 11.0 Å². The van der Waals surface area contributed by atoms with E-state index in [4.69, 9.17) is 18.6 Å². The van der Waals surface area contributed by atoms with Gasteiger partial charge in [0.15, 0.2) is 17.6 Å². The lowest BCUT2D eigenvalue weighted by Gasteiger charge is -2.29. The van der Waals surface area contributed by atoms with Crippen molar-refractivity contribution in [2.24, 2.45) is 0 Å². The fraction of sp³-hybridized carbons (Fsp3) is 0.318. The smallest absolute Gasteiger partial charge is 0.336 e. The second-order valence-corrected chi connectivity index (χ2v) is 6.93. The van der Waals surface area contributed by atoms with Gasteiger partial charge in [0.25, 0.3) is 0 Å². The average Bonchev–Trinajstić information content (AvgIpc) is 2.72. The van der Waals surface area contributed by atoms with Crippen LogP contribution in [-0.2, 0) is 6.54 Å². The third-order valence-corrected chi connectivity index (χ3v) is 5.06. The van der Waals surface area contributed by atoms with Crippen LogP contribution >= 0.6 is 0 Å². The van der Waals surface area contributed by atoms with Gasteiger partial charge in [-0.2, -0.15) is 0 Å². The van der Waals surface area contributed by atoms with Crippen LogP contribution in [0.2, 0.25) is 0 Å². The Morgan fingerprint density at radius 2 is 1.96 bits per heavy atom. The van der Waals surface area contributed by atoms with Gasteiger partial charge in [0.2, 0.25) is 0 Å². The molecule has 6 nitrogen and oxygen atoms in total. The van der Waals surface area contributed by atoms with E-state index in [9.17, 15) is 4.79 Å². The minimum absolute atomic E-state index is 0.0312. The Bertz CT molecular complexity index is 1030. The summed E-state index contributed by atoms with van der Waals surface area (Å²) in [6.45, 7) is 5.04. The molecule has 28 heavy (non-hydrogen) atoms. The molecule has 4 rings (SSSR count). The van der Waals surface area contributed by atoms with Gasteiger partial charge in [0.1, 0.15) is 31.0 Å². The molecule has 0 spiro atoms. The van der Waals surface area contributed by atoms with E-state index in [0.29, 0.717) is 24.5 Å². The first kappa shape index (κ1) is 18.4. The monoisotopic (exact) mass is 382 g/mol. The molecule has 1 aliphatic heterocycles. The van der Waals surface area contributed by atoms with Gasteiger partial charge in [0, 0.05) is 23.1 Å². The Morgan fingerprint density at radius 1 is 1.14 bits per heavy atom. The molecule has 0 saturated heterocycles. The summed E-state index contributed by atoms with van der Waals surface area (Å²) >= 11 is 0. The molecule has 0 amide bonds. The first-order valence-corrected chi connectivity index (χ1v) is 9.49. The molecule has 0 bridgehead atoms. The quantitative estimate of drug-likeness (QED) is 0.661. The molecule has 1 aromatic heterocycles. The number of fused-ring (bicyclic) bond motifs is 2. The number of para-hydroxylation sites is 2. The van der Waals surface area contributed by atoms with Crippen LogP contribution < -0.4 is 24.7 Å². The highest BCUT2D eigenvalue weighted by atomic mass is 16.6. The van der Waals surface area contributed by atoms with E-state index in [1.54, 1.807) is 19.2 Å². The lowest BCUT2D eigenvalue weighted by atomic mass is 10.1. The molecule has 0 radical (unpaired) electrons. The minimum atomic E-state index is -0.350. The predicted octanol–water partition coefficient (Wildman–Crippen LogP) is 2.05. The number of nitrogens with one attached hydrogen (secondary N) is 1. The van der Waals surface area contributed by atoms with Crippen molar-refractivity contribution in [3.63, 3.8) is 0 Å². The van der Waals surface area contributed by atoms with E-state index in [-0.39, 0.29) is 11.7 Å². The Kier molecular flexibility index (Phi) is 5.21. The van der Waals surface area contributed by atoms with Gasteiger partial charge in [0.05, 0.1) is 13.7 Å². The third kappa shape index (κ3) is 3.82. The van der Waals surface area contributed by atoms with Gasteiger partial charge in [-0.1, -0.05) is 12.1 Å². The normalized spacial score (nSPS) is 16.7. The zero-order chi connectivity index (χ0) is 19.5. The molecular weight excluding hydrogens is 358 g/mol. The van der Waals surface area contributed by atoms with E-state index in [1.165, 1.54) is 4.90 Å². The van der Waals surface area contributed by atoms with Crippen LogP contribution in [0.1, 0.15) is 12.5 Å². The molecule has 3 aromatic rings. The number of likely N-dealkylation sites (N-methyl/N-ethyl adjacent to an activating group) is 1. The number of rotatable bonds is 6. The van der Waals surface area contributed by atoms with Gasteiger partial charge in [-0.05, 0) is 31.2 Å². The second kappa shape index (κ2) is 7.94. The van der Waals surface area contributed by atoms with Crippen molar-refractivity contribution in [1.29, 1.82) is 0 Å². The number of methoxy groups -OCH3 is 1. The third-order valence-electron chi connectivity index (χ3n) is 5.06. The summed E-state index contributed by atoms with van der Waals surface area (Å²) in [5.74, 6) is 2.24. The molecular formula is C22H24NO5+. The number of ether oxygens (including phenoxy) is 3. The molecule has 2 heterocycles. The highest BCUT2D eigenvalue weighted by Gasteiger charge is 2.25. The lowest BCUT2D eigenvalue weighted by Crippen LogP contribution is -3.11. The number of hydrogen-bond acceptors (Lipinski definition) is 5. The Hall–Kier alpha value is -2.99. The molecule has 2 atom stereocenters. The molecule has 0 fully saturated rings. The van der Waals surface area contributed by atoms with Crippen molar-refractivity contribution < 1.29 is 23.5 Å². The summed E-state index contributed by atoms with van der Waals surface area (Å²) in [6.07, 6.45) is -0.0312. The van der Waals surface area contributed by atoms with Crippen LogP contribution in [0.5, 0.6) is 17.2 Å². The zero-order valence-electron chi connectivity index (χ0n) is 16.1. The summed E-state index contributed by atoms with van der Waals surface area (Å²) in [4.78, 5) is 13.3. The van der Waals surface area contributed by atoms with Crippen molar-refractivity contribution in [2.75, 3.05) is 26.8 Å². The van der Waals surface area contributed by atoms with Gasteiger partial charge >= 0.3 is 5.63 Å². The summed E-state index contributed by atoms with van der Waals surface area (Å²) in [6, 6.07) is 14.9.